The molecule has 0 bridgehead atoms. The van der Waals surface area contributed by atoms with Crippen molar-refractivity contribution >= 4 is 0 Å². The van der Waals surface area contributed by atoms with Crippen molar-refractivity contribution in [2.45, 2.75) is 66.0 Å². The third-order valence-electron chi connectivity index (χ3n) is 6.91. The molecule has 40 heavy (non-hydrogen) atoms. The maximum Gasteiger partial charge on any atom is 0.123 e. The standard InChI is InChI=1S/C25H29NO.C11H19NO/c1-25(2,3)22-16-10-15-21(24(22)27)18-26-23(20-13-8-5-9-14-20)17-19-11-6-4-7-12-19;1-6-9(7-12)10(13)8(2)11(3,4)5/h4-16,23,26-27H,17-18H2,1-3H3;6,13H,1-2,7,12H2,3-5H3/b;10-9-. The Hall–Kier alpha value is -3.60. The van der Waals surface area contributed by atoms with E-state index in [1.165, 1.54) is 11.1 Å². The Morgan fingerprint density at radius 2 is 1.48 bits per heavy atom. The number of nitrogens with two attached hydrogens (primary N) is 1. The molecule has 0 aromatic heterocycles. The average Bonchev–Trinajstić information content (AvgIpc) is 2.92. The summed E-state index contributed by atoms with van der Waals surface area (Å²) in [5, 5.41) is 24.2. The fraction of sp³-hybridized carbons (Fsp3) is 0.333. The maximum atomic E-state index is 10.8. The first kappa shape index (κ1) is 32.6. The molecule has 4 heteroatoms. The topological polar surface area (TPSA) is 78.5 Å². The zero-order valence-corrected chi connectivity index (χ0v) is 25.2. The molecule has 0 aliphatic rings. The van der Waals surface area contributed by atoms with Gasteiger partial charge in [0.15, 0.2) is 0 Å². The highest BCUT2D eigenvalue weighted by atomic mass is 16.3. The number of rotatable bonds is 9. The van der Waals surface area contributed by atoms with Crippen molar-refractivity contribution in [2.75, 3.05) is 6.54 Å². The molecule has 0 aliphatic carbocycles. The van der Waals surface area contributed by atoms with Crippen LogP contribution in [0.1, 0.15) is 69.8 Å². The van der Waals surface area contributed by atoms with Crippen molar-refractivity contribution in [3.8, 4) is 5.75 Å². The summed E-state index contributed by atoms with van der Waals surface area (Å²) >= 11 is 0. The first-order valence-corrected chi connectivity index (χ1v) is 13.9. The SMILES string of the molecule is C=C/C(CN)=C(/O)C(=C)C(C)(C)C.CC(C)(C)c1cccc(CNC(Cc2ccccc2)c2ccccc2)c1O. The van der Waals surface area contributed by atoms with Gasteiger partial charge in [0.05, 0.1) is 0 Å². The summed E-state index contributed by atoms with van der Waals surface area (Å²) in [4.78, 5) is 0. The first-order chi connectivity index (χ1) is 18.8. The van der Waals surface area contributed by atoms with Crippen LogP contribution in [0.4, 0.5) is 0 Å². The second-order valence-electron chi connectivity index (χ2n) is 12.1. The molecule has 3 aromatic rings. The van der Waals surface area contributed by atoms with E-state index in [0.717, 1.165) is 17.5 Å². The van der Waals surface area contributed by atoms with Crippen LogP contribution in [0.5, 0.6) is 5.75 Å². The molecule has 0 amide bonds. The van der Waals surface area contributed by atoms with Crippen LogP contribution in [0.25, 0.3) is 0 Å². The predicted octanol–water partition coefficient (Wildman–Crippen LogP) is 8.31. The molecule has 0 saturated heterocycles. The van der Waals surface area contributed by atoms with E-state index in [1.807, 2.05) is 51.1 Å². The summed E-state index contributed by atoms with van der Waals surface area (Å²) in [5.41, 5.74) is 11.0. The minimum atomic E-state index is -0.145. The molecule has 0 spiro atoms. The van der Waals surface area contributed by atoms with Gasteiger partial charge in [-0.1, -0.05) is 140 Å². The number of phenolic OH excluding ortho intramolecular Hbond substituents is 1. The lowest BCUT2D eigenvalue weighted by Crippen LogP contribution is -2.23. The zero-order valence-electron chi connectivity index (χ0n) is 25.2. The van der Waals surface area contributed by atoms with Crippen molar-refractivity contribution in [1.29, 1.82) is 0 Å². The van der Waals surface area contributed by atoms with Gasteiger partial charge >= 0.3 is 0 Å². The summed E-state index contributed by atoms with van der Waals surface area (Å²) in [6.45, 7) is 20.7. The summed E-state index contributed by atoms with van der Waals surface area (Å²) in [5.74, 6) is 0.578. The summed E-state index contributed by atoms with van der Waals surface area (Å²) in [6, 6.07) is 27.3. The summed E-state index contributed by atoms with van der Waals surface area (Å²) in [7, 11) is 0. The largest absolute Gasteiger partial charge is 0.507 e. The summed E-state index contributed by atoms with van der Waals surface area (Å²) in [6.07, 6.45) is 2.47. The Morgan fingerprint density at radius 1 is 0.900 bits per heavy atom. The minimum absolute atomic E-state index is 0.0804. The molecular weight excluding hydrogens is 492 g/mol. The molecule has 0 fully saturated rings. The number of nitrogens with one attached hydrogen (secondary N) is 1. The van der Waals surface area contributed by atoms with Crippen LogP contribution in [0.15, 0.2) is 115 Å². The van der Waals surface area contributed by atoms with Gasteiger partial charge in [-0.3, -0.25) is 0 Å². The number of aliphatic hydroxyl groups is 1. The normalized spacial score (nSPS) is 13.0. The van der Waals surface area contributed by atoms with E-state index in [-0.39, 0.29) is 29.2 Å². The number of para-hydroxylation sites is 1. The molecule has 0 radical (unpaired) electrons. The van der Waals surface area contributed by atoms with Crippen LogP contribution >= 0.6 is 0 Å². The van der Waals surface area contributed by atoms with E-state index in [4.69, 9.17) is 5.73 Å². The number of allylic oxidation sites excluding steroid dienone is 1. The molecule has 0 heterocycles. The Kier molecular flexibility index (Phi) is 12.0. The van der Waals surface area contributed by atoms with E-state index in [9.17, 15) is 10.2 Å². The number of aromatic hydroxyl groups is 1. The predicted molar refractivity (Wildman–Crippen MR) is 170 cm³/mol. The highest BCUT2D eigenvalue weighted by Gasteiger charge is 2.21. The average molecular weight is 541 g/mol. The number of phenols is 1. The molecule has 3 rings (SSSR count). The van der Waals surface area contributed by atoms with Crippen LogP contribution in [0.3, 0.4) is 0 Å². The fourth-order valence-electron chi connectivity index (χ4n) is 4.24. The van der Waals surface area contributed by atoms with Gasteiger partial charge in [0.2, 0.25) is 0 Å². The monoisotopic (exact) mass is 540 g/mol. The minimum Gasteiger partial charge on any atom is -0.507 e. The number of hydrogen-bond donors (Lipinski definition) is 4. The van der Waals surface area contributed by atoms with Gasteiger partial charge in [-0.05, 0) is 39.5 Å². The number of hydrogen-bond acceptors (Lipinski definition) is 4. The van der Waals surface area contributed by atoms with Gasteiger partial charge in [0.25, 0.3) is 0 Å². The Morgan fingerprint density at radius 3 is 1.98 bits per heavy atom. The van der Waals surface area contributed by atoms with Crippen molar-refractivity contribution in [3.05, 3.63) is 137 Å². The Balaban J connectivity index is 0.000000366. The van der Waals surface area contributed by atoms with Gasteiger partial charge < -0.3 is 21.3 Å². The van der Waals surface area contributed by atoms with Gasteiger partial charge in [0.1, 0.15) is 11.5 Å². The van der Waals surface area contributed by atoms with Crippen LogP contribution in [0, 0.1) is 5.41 Å². The van der Waals surface area contributed by atoms with Crippen molar-refractivity contribution in [3.63, 3.8) is 0 Å². The molecule has 5 N–H and O–H groups in total. The summed E-state index contributed by atoms with van der Waals surface area (Å²) < 4.78 is 0. The maximum absolute atomic E-state index is 10.8. The van der Waals surface area contributed by atoms with E-state index in [1.54, 1.807) is 6.08 Å². The highest BCUT2D eigenvalue weighted by Crippen LogP contribution is 2.33. The van der Waals surface area contributed by atoms with Gasteiger partial charge in [0, 0.05) is 30.3 Å². The molecule has 0 saturated carbocycles. The molecule has 1 atom stereocenters. The van der Waals surface area contributed by atoms with Crippen LogP contribution < -0.4 is 11.1 Å². The first-order valence-electron chi connectivity index (χ1n) is 13.9. The van der Waals surface area contributed by atoms with Gasteiger partial charge in [-0.25, -0.2) is 0 Å². The smallest absolute Gasteiger partial charge is 0.123 e. The molecule has 4 nitrogen and oxygen atoms in total. The van der Waals surface area contributed by atoms with Gasteiger partial charge in [-0.2, -0.15) is 0 Å². The number of benzene rings is 3. The highest BCUT2D eigenvalue weighted by molar-refractivity contribution is 5.44. The van der Waals surface area contributed by atoms with Crippen molar-refractivity contribution in [2.24, 2.45) is 11.1 Å². The third kappa shape index (κ3) is 9.55. The molecule has 1 unspecified atom stereocenters. The lowest BCUT2D eigenvalue weighted by molar-refractivity contribution is 0.375. The van der Waals surface area contributed by atoms with Crippen LogP contribution in [-0.2, 0) is 18.4 Å². The van der Waals surface area contributed by atoms with Crippen molar-refractivity contribution < 1.29 is 10.2 Å². The van der Waals surface area contributed by atoms with Crippen LogP contribution in [0.2, 0.25) is 0 Å². The molecular formula is C36H48N2O2. The molecule has 3 aromatic carbocycles. The second kappa shape index (κ2) is 14.7. The van der Waals surface area contributed by atoms with Gasteiger partial charge in [-0.15, -0.1) is 0 Å². The Bertz CT molecular complexity index is 1260. The van der Waals surface area contributed by atoms with Crippen molar-refractivity contribution in [1.82, 2.24) is 5.32 Å². The van der Waals surface area contributed by atoms with Crippen LogP contribution in [-0.4, -0.2) is 16.8 Å². The van der Waals surface area contributed by atoms with E-state index in [2.05, 4.69) is 87.8 Å². The Labute approximate surface area is 242 Å². The third-order valence-corrected chi connectivity index (χ3v) is 6.91. The van der Waals surface area contributed by atoms with E-state index in [0.29, 0.717) is 23.4 Å². The lowest BCUT2D eigenvalue weighted by Gasteiger charge is -2.23. The quantitative estimate of drug-likeness (QED) is 0.163. The molecule has 0 aliphatic heterocycles. The zero-order chi connectivity index (χ0) is 29.9. The lowest BCUT2D eigenvalue weighted by atomic mass is 9.85. The fourth-order valence-corrected chi connectivity index (χ4v) is 4.24. The van der Waals surface area contributed by atoms with E-state index >= 15 is 0 Å². The van der Waals surface area contributed by atoms with E-state index < -0.39 is 0 Å². The second-order valence-corrected chi connectivity index (χ2v) is 12.1. The molecule has 214 valence electrons. The number of aliphatic hydroxyl groups excluding tert-OH is 1.